The fraction of sp³-hybridized carbons (Fsp3) is 0.500. The van der Waals surface area contributed by atoms with Crippen LogP contribution in [0, 0.1) is 4.78 Å². The number of nitrogens with one attached hydrogen (secondary N) is 1. The fourth-order valence-corrected chi connectivity index (χ4v) is 1.98. The third-order valence-electron chi connectivity index (χ3n) is 1.90. The van der Waals surface area contributed by atoms with E-state index in [-0.39, 0.29) is 5.82 Å². The maximum absolute atomic E-state index is 12.1. The van der Waals surface area contributed by atoms with Gasteiger partial charge in [-0.2, -0.15) is 4.98 Å². The van der Waals surface area contributed by atoms with E-state index in [2.05, 4.69) is 4.98 Å². The summed E-state index contributed by atoms with van der Waals surface area (Å²) < 4.78 is 19.8. The third-order valence-corrected chi connectivity index (χ3v) is 4.39. The van der Waals surface area contributed by atoms with Crippen molar-refractivity contribution >= 4 is 15.7 Å². The van der Waals surface area contributed by atoms with Crippen molar-refractivity contribution in [3.05, 3.63) is 22.7 Å². The van der Waals surface area contributed by atoms with Crippen LogP contribution in [-0.2, 0) is 9.92 Å². The van der Waals surface area contributed by atoms with Crippen LogP contribution < -0.4 is 11.4 Å². The highest BCUT2D eigenvalue weighted by atomic mass is 32.2. The molecule has 0 aliphatic heterocycles. The van der Waals surface area contributed by atoms with E-state index < -0.39 is 20.4 Å². The second kappa shape index (κ2) is 3.34. The van der Waals surface area contributed by atoms with Crippen molar-refractivity contribution in [2.75, 3.05) is 5.73 Å². The highest BCUT2D eigenvalue weighted by Crippen LogP contribution is 2.17. The van der Waals surface area contributed by atoms with Crippen molar-refractivity contribution in [2.24, 2.45) is 0 Å². The Balaban J connectivity index is 3.49. The monoisotopic (exact) mass is 230 g/mol. The van der Waals surface area contributed by atoms with E-state index in [1.165, 1.54) is 12.3 Å². The molecule has 0 fully saturated rings. The standard InChI is InChI=1S/C8H14N4O2S/c1-8(2,3)15(10,14)12-5-4-6(9)11-7(12)13/h4-5,10H,1-3H3,(H2,9,11,13). The number of hydrogen-bond acceptors (Lipinski definition) is 5. The fourth-order valence-electron chi connectivity index (χ4n) is 0.896. The maximum Gasteiger partial charge on any atom is 0.362 e. The lowest BCUT2D eigenvalue weighted by atomic mass is 10.3. The second-order valence-electron chi connectivity index (χ2n) is 4.10. The molecule has 84 valence electrons. The van der Waals surface area contributed by atoms with Crippen LogP contribution in [0.5, 0.6) is 0 Å². The summed E-state index contributed by atoms with van der Waals surface area (Å²) in [6, 6.07) is 1.35. The number of rotatable bonds is 1. The van der Waals surface area contributed by atoms with E-state index in [0.29, 0.717) is 0 Å². The molecule has 6 nitrogen and oxygen atoms in total. The Kier molecular flexibility index (Phi) is 2.60. The van der Waals surface area contributed by atoms with Crippen LogP contribution in [0.25, 0.3) is 0 Å². The Morgan fingerprint density at radius 3 is 2.47 bits per heavy atom. The van der Waals surface area contributed by atoms with Gasteiger partial charge in [0.25, 0.3) is 0 Å². The van der Waals surface area contributed by atoms with Gasteiger partial charge in [0.05, 0.1) is 4.75 Å². The number of nitrogens with zero attached hydrogens (tertiary/aromatic N) is 2. The van der Waals surface area contributed by atoms with Crippen LogP contribution in [0.1, 0.15) is 20.8 Å². The molecule has 1 atom stereocenters. The summed E-state index contributed by atoms with van der Waals surface area (Å²) >= 11 is 0. The average molecular weight is 230 g/mol. The summed E-state index contributed by atoms with van der Waals surface area (Å²) in [4.78, 5) is 14.8. The van der Waals surface area contributed by atoms with E-state index >= 15 is 0 Å². The van der Waals surface area contributed by atoms with Gasteiger partial charge in [-0.1, -0.05) is 0 Å². The quantitative estimate of drug-likeness (QED) is 0.730. The van der Waals surface area contributed by atoms with Gasteiger partial charge in [-0.3, -0.25) is 0 Å². The predicted molar refractivity (Wildman–Crippen MR) is 58.9 cm³/mol. The predicted octanol–water partition coefficient (Wildman–Crippen LogP) is 0.434. The zero-order valence-electron chi connectivity index (χ0n) is 8.85. The lowest BCUT2D eigenvalue weighted by Crippen LogP contribution is -2.39. The van der Waals surface area contributed by atoms with Crippen molar-refractivity contribution in [3.63, 3.8) is 0 Å². The summed E-state index contributed by atoms with van der Waals surface area (Å²) in [5.74, 6) is 0.0559. The van der Waals surface area contributed by atoms with Gasteiger partial charge < -0.3 is 5.73 Å². The first-order valence-corrected chi connectivity index (χ1v) is 5.82. The SMILES string of the molecule is CC(C)(C)S(=N)(=O)n1ccc(N)nc1=O. The first-order valence-electron chi connectivity index (χ1n) is 4.30. The van der Waals surface area contributed by atoms with Crippen molar-refractivity contribution < 1.29 is 4.21 Å². The Morgan fingerprint density at radius 2 is 2.07 bits per heavy atom. The average Bonchev–Trinajstić information content (AvgIpc) is 2.00. The molecule has 0 saturated heterocycles. The molecule has 0 spiro atoms. The lowest BCUT2D eigenvalue weighted by molar-refractivity contribution is 0.624. The minimum absolute atomic E-state index is 0.0559. The van der Waals surface area contributed by atoms with E-state index in [0.717, 1.165) is 3.97 Å². The first kappa shape index (κ1) is 11.7. The Hall–Kier alpha value is -1.37. The number of nitrogens with two attached hydrogens (primary N) is 1. The molecule has 1 rings (SSSR count). The van der Waals surface area contributed by atoms with Crippen molar-refractivity contribution in [1.82, 2.24) is 8.96 Å². The molecule has 1 aromatic heterocycles. The molecule has 15 heavy (non-hydrogen) atoms. The molecule has 7 heteroatoms. The normalized spacial score (nSPS) is 15.9. The molecule has 0 aliphatic carbocycles. The minimum atomic E-state index is -3.24. The lowest BCUT2D eigenvalue weighted by Gasteiger charge is -2.23. The third kappa shape index (κ3) is 2.01. The topological polar surface area (TPSA) is 102 Å². The molecule has 1 unspecified atom stereocenters. The van der Waals surface area contributed by atoms with Gasteiger partial charge in [-0.25, -0.2) is 17.8 Å². The Labute approximate surface area is 88.2 Å². The highest BCUT2D eigenvalue weighted by molar-refractivity contribution is 7.92. The Morgan fingerprint density at radius 1 is 1.53 bits per heavy atom. The summed E-state index contributed by atoms with van der Waals surface area (Å²) in [6.45, 7) is 4.89. The Bertz CT molecular complexity index is 524. The largest absolute Gasteiger partial charge is 0.383 e. The first-order chi connectivity index (χ1) is 6.66. The van der Waals surface area contributed by atoms with E-state index in [1.807, 2.05) is 0 Å². The van der Waals surface area contributed by atoms with Crippen LogP contribution in [0.2, 0.25) is 0 Å². The molecule has 0 saturated carbocycles. The van der Waals surface area contributed by atoms with Crippen molar-refractivity contribution in [3.8, 4) is 0 Å². The number of nitrogen functional groups attached to an aromatic ring is 1. The summed E-state index contributed by atoms with van der Waals surface area (Å²) in [7, 11) is -3.24. The van der Waals surface area contributed by atoms with Crippen molar-refractivity contribution in [2.45, 2.75) is 25.5 Å². The van der Waals surface area contributed by atoms with Gasteiger partial charge in [0.2, 0.25) is 0 Å². The van der Waals surface area contributed by atoms with Crippen LogP contribution in [-0.4, -0.2) is 17.9 Å². The van der Waals surface area contributed by atoms with Crippen LogP contribution in [0.3, 0.4) is 0 Å². The smallest absolute Gasteiger partial charge is 0.362 e. The van der Waals surface area contributed by atoms with E-state index in [4.69, 9.17) is 10.5 Å². The molecule has 0 amide bonds. The molecule has 0 aliphatic rings. The number of hydrogen-bond donors (Lipinski definition) is 2. The molecule has 0 aromatic carbocycles. The zero-order valence-corrected chi connectivity index (χ0v) is 9.67. The molecule has 0 radical (unpaired) electrons. The van der Waals surface area contributed by atoms with Gasteiger partial charge in [-0.15, -0.1) is 0 Å². The minimum Gasteiger partial charge on any atom is -0.383 e. The van der Waals surface area contributed by atoms with E-state index in [9.17, 15) is 9.00 Å². The van der Waals surface area contributed by atoms with Gasteiger partial charge in [0.15, 0.2) is 0 Å². The molecular formula is C8H14N4O2S. The second-order valence-corrected chi connectivity index (χ2v) is 6.77. The van der Waals surface area contributed by atoms with Crippen molar-refractivity contribution in [1.29, 1.82) is 4.78 Å². The highest BCUT2D eigenvalue weighted by Gasteiger charge is 2.27. The van der Waals surface area contributed by atoms with Crippen LogP contribution in [0.4, 0.5) is 5.82 Å². The summed E-state index contributed by atoms with van der Waals surface area (Å²) in [6.07, 6.45) is 1.24. The zero-order chi connectivity index (χ0) is 11.9. The molecular weight excluding hydrogens is 216 g/mol. The molecule has 0 bridgehead atoms. The molecule has 1 heterocycles. The summed E-state index contributed by atoms with van der Waals surface area (Å²) in [5, 5.41) is 0. The van der Waals surface area contributed by atoms with Gasteiger partial charge in [0.1, 0.15) is 15.7 Å². The summed E-state index contributed by atoms with van der Waals surface area (Å²) in [5.41, 5.74) is 4.54. The number of anilines is 1. The number of aromatic nitrogens is 2. The van der Waals surface area contributed by atoms with Gasteiger partial charge in [0, 0.05) is 6.20 Å². The maximum atomic E-state index is 12.1. The molecule has 1 aromatic rings. The van der Waals surface area contributed by atoms with Gasteiger partial charge in [-0.05, 0) is 26.8 Å². The van der Waals surface area contributed by atoms with E-state index in [1.54, 1.807) is 20.8 Å². The molecule has 3 N–H and O–H groups in total. The van der Waals surface area contributed by atoms with Crippen LogP contribution >= 0.6 is 0 Å². The van der Waals surface area contributed by atoms with Crippen LogP contribution in [0.15, 0.2) is 17.1 Å². The van der Waals surface area contributed by atoms with Gasteiger partial charge >= 0.3 is 5.69 Å².